The van der Waals surface area contributed by atoms with Crippen molar-refractivity contribution in [1.82, 2.24) is 20.1 Å². The van der Waals surface area contributed by atoms with Gasteiger partial charge in [-0.05, 0) is 43.7 Å². The van der Waals surface area contributed by atoms with E-state index in [-0.39, 0.29) is 11.9 Å². The minimum Gasteiger partial charge on any atom is -0.325 e. The van der Waals surface area contributed by atoms with Crippen molar-refractivity contribution in [2.24, 2.45) is 0 Å². The Labute approximate surface area is 117 Å². The topological polar surface area (TPSA) is 71.8 Å². The zero-order valence-electron chi connectivity index (χ0n) is 11.1. The molecule has 1 aromatic carbocycles. The van der Waals surface area contributed by atoms with E-state index in [1.807, 2.05) is 24.3 Å². The average molecular weight is 271 g/mol. The van der Waals surface area contributed by atoms with Crippen LogP contribution in [-0.2, 0) is 4.79 Å². The first kappa shape index (κ1) is 12.8. The summed E-state index contributed by atoms with van der Waals surface area (Å²) in [5.41, 5.74) is 1.71. The molecule has 104 valence electrons. The van der Waals surface area contributed by atoms with Gasteiger partial charge in [0.25, 0.3) is 0 Å². The molecule has 0 spiro atoms. The summed E-state index contributed by atoms with van der Waals surface area (Å²) in [6.45, 7) is 0.920. The third-order valence-electron chi connectivity index (χ3n) is 3.44. The van der Waals surface area contributed by atoms with Crippen LogP contribution < -0.4 is 10.6 Å². The molecule has 2 heterocycles. The maximum Gasteiger partial charge on any atom is 0.241 e. The summed E-state index contributed by atoms with van der Waals surface area (Å²) in [5, 5.41) is 10.2. The fraction of sp³-hybridized carbons (Fsp3) is 0.357. The van der Waals surface area contributed by atoms with Crippen molar-refractivity contribution in [3.8, 4) is 5.69 Å². The Morgan fingerprint density at radius 1 is 1.30 bits per heavy atom. The van der Waals surface area contributed by atoms with Gasteiger partial charge >= 0.3 is 0 Å². The van der Waals surface area contributed by atoms with E-state index in [0.717, 1.165) is 37.2 Å². The molecular formula is C14H17N5O. The summed E-state index contributed by atoms with van der Waals surface area (Å²) >= 11 is 0. The van der Waals surface area contributed by atoms with Gasteiger partial charge in [-0.2, -0.15) is 5.10 Å². The molecule has 0 bridgehead atoms. The lowest BCUT2D eigenvalue weighted by Crippen LogP contribution is -2.43. The lowest BCUT2D eigenvalue weighted by Gasteiger charge is -2.22. The molecular weight excluding hydrogens is 254 g/mol. The smallest absolute Gasteiger partial charge is 0.241 e. The van der Waals surface area contributed by atoms with Gasteiger partial charge in [0.15, 0.2) is 0 Å². The molecule has 0 saturated carbocycles. The summed E-state index contributed by atoms with van der Waals surface area (Å²) < 4.78 is 1.67. The van der Waals surface area contributed by atoms with Gasteiger partial charge in [-0.1, -0.05) is 6.42 Å². The van der Waals surface area contributed by atoms with Crippen molar-refractivity contribution in [3.05, 3.63) is 36.9 Å². The SMILES string of the molecule is O=C(Nc1ccc(-n2cncn2)cc1)[C@@H]1CCCCN1. The molecule has 1 saturated heterocycles. The highest BCUT2D eigenvalue weighted by molar-refractivity contribution is 5.94. The first-order chi connectivity index (χ1) is 9.83. The predicted octanol–water partition coefficient (Wildman–Crippen LogP) is 1.35. The second-order valence-electron chi connectivity index (χ2n) is 4.88. The van der Waals surface area contributed by atoms with Gasteiger partial charge in [0.1, 0.15) is 12.7 Å². The van der Waals surface area contributed by atoms with Gasteiger partial charge in [-0.15, -0.1) is 0 Å². The van der Waals surface area contributed by atoms with Crippen LogP contribution in [-0.4, -0.2) is 33.3 Å². The normalized spacial score (nSPS) is 18.7. The number of anilines is 1. The van der Waals surface area contributed by atoms with Crippen LogP contribution in [0, 0.1) is 0 Å². The molecule has 1 atom stereocenters. The van der Waals surface area contributed by atoms with Crippen molar-refractivity contribution >= 4 is 11.6 Å². The van der Waals surface area contributed by atoms with Crippen LogP contribution in [0.3, 0.4) is 0 Å². The van der Waals surface area contributed by atoms with E-state index in [0.29, 0.717) is 0 Å². The fourth-order valence-corrected chi connectivity index (χ4v) is 2.34. The number of carbonyl (C=O) groups excluding carboxylic acids is 1. The lowest BCUT2D eigenvalue weighted by molar-refractivity contribution is -0.118. The summed E-state index contributed by atoms with van der Waals surface area (Å²) in [5.74, 6) is 0.0400. The van der Waals surface area contributed by atoms with Crippen molar-refractivity contribution in [3.63, 3.8) is 0 Å². The predicted molar refractivity (Wildman–Crippen MR) is 75.6 cm³/mol. The van der Waals surface area contributed by atoms with Crippen LogP contribution in [0.25, 0.3) is 5.69 Å². The van der Waals surface area contributed by atoms with E-state index in [2.05, 4.69) is 20.7 Å². The zero-order chi connectivity index (χ0) is 13.8. The number of carbonyl (C=O) groups is 1. The number of nitrogens with one attached hydrogen (secondary N) is 2. The molecule has 2 N–H and O–H groups in total. The minimum atomic E-state index is -0.0706. The largest absolute Gasteiger partial charge is 0.325 e. The zero-order valence-corrected chi connectivity index (χ0v) is 11.1. The van der Waals surface area contributed by atoms with Gasteiger partial charge in [-0.3, -0.25) is 4.79 Å². The first-order valence-electron chi connectivity index (χ1n) is 6.82. The Balaban J connectivity index is 1.64. The highest BCUT2D eigenvalue weighted by Gasteiger charge is 2.20. The van der Waals surface area contributed by atoms with Gasteiger partial charge in [-0.25, -0.2) is 9.67 Å². The van der Waals surface area contributed by atoms with Crippen molar-refractivity contribution < 1.29 is 4.79 Å². The Bertz CT molecular complexity index is 558. The molecule has 6 heteroatoms. The van der Waals surface area contributed by atoms with E-state index in [1.54, 1.807) is 11.0 Å². The monoisotopic (exact) mass is 271 g/mol. The number of amides is 1. The molecule has 20 heavy (non-hydrogen) atoms. The molecule has 1 amide bonds. The minimum absolute atomic E-state index is 0.0400. The van der Waals surface area contributed by atoms with Crippen LogP contribution in [0.4, 0.5) is 5.69 Å². The van der Waals surface area contributed by atoms with E-state index >= 15 is 0 Å². The number of hydrogen-bond donors (Lipinski definition) is 2. The van der Waals surface area contributed by atoms with Gasteiger partial charge in [0.2, 0.25) is 5.91 Å². The summed E-state index contributed by atoms with van der Waals surface area (Å²) in [6, 6.07) is 7.48. The maximum absolute atomic E-state index is 12.1. The molecule has 6 nitrogen and oxygen atoms in total. The summed E-state index contributed by atoms with van der Waals surface area (Å²) in [6.07, 6.45) is 6.29. The third-order valence-corrected chi connectivity index (χ3v) is 3.44. The molecule has 0 radical (unpaired) electrons. The average Bonchev–Trinajstić information content (AvgIpc) is 3.03. The number of hydrogen-bond acceptors (Lipinski definition) is 4. The number of piperidine rings is 1. The van der Waals surface area contributed by atoms with Gasteiger partial charge in [0, 0.05) is 5.69 Å². The number of rotatable bonds is 3. The lowest BCUT2D eigenvalue weighted by atomic mass is 10.0. The summed E-state index contributed by atoms with van der Waals surface area (Å²) in [7, 11) is 0. The van der Waals surface area contributed by atoms with Gasteiger partial charge in [0.05, 0.1) is 11.7 Å². The van der Waals surface area contributed by atoms with Crippen molar-refractivity contribution in [2.75, 3.05) is 11.9 Å². The molecule has 3 rings (SSSR count). The Morgan fingerprint density at radius 2 is 2.15 bits per heavy atom. The van der Waals surface area contributed by atoms with Crippen molar-refractivity contribution in [2.45, 2.75) is 25.3 Å². The van der Waals surface area contributed by atoms with Gasteiger partial charge < -0.3 is 10.6 Å². The molecule has 1 aliphatic rings. The van der Waals surface area contributed by atoms with E-state index in [9.17, 15) is 4.79 Å². The first-order valence-corrected chi connectivity index (χ1v) is 6.82. The molecule has 0 unspecified atom stereocenters. The van der Waals surface area contributed by atoms with Crippen molar-refractivity contribution in [1.29, 1.82) is 0 Å². The summed E-state index contributed by atoms with van der Waals surface area (Å²) in [4.78, 5) is 16.0. The Morgan fingerprint density at radius 3 is 2.80 bits per heavy atom. The number of benzene rings is 1. The maximum atomic E-state index is 12.1. The highest BCUT2D eigenvalue weighted by Crippen LogP contribution is 2.14. The third kappa shape index (κ3) is 2.85. The van der Waals surface area contributed by atoms with E-state index in [1.165, 1.54) is 6.33 Å². The molecule has 1 aromatic heterocycles. The van der Waals surface area contributed by atoms with E-state index < -0.39 is 0 Å². The fourth-order valence-electron chi connectivity index (χ4n) is 2.34. The van der Waals surface area contributed by atoms with Crippen LogP contribution in [0.2, 0.25) is 0 Å². The molecule has 1 fully saturated rings. The second kappa shape index (κ2) is 5.83. The number of aromatic nitrogens is 3. The standard InChI is InChI=1S/C14H17N5O/c20-14(13-3-1-2-8-16-13)18-11-4-6-12(7-5-11)19-10-15-9-17-19/h4-7,9-10,13,16H,1-3,8H2,(H,18,20)/t13-/m0/s1. The number of nitrogens with zero attached hydrogens (tertiary/aromatic N) is 3. The Hall–Kier alpha value is -2.21. The van der Waals surface area contributed by atoms with Crippen LogP contribution in [0.5, 0.6) is 0 Å². The highest BCUT2D eigenvalue weighted by atomic mass is 16.2. The van der Waals surface area contributed by atoms with Crippen LogP contribution in [0.15, 0.2) is 36.9 Å². The van der Waals surface area contributed by atoms with Crippen LogP contribution in [0.1, 0.15) is 19.3 Å². The molecule has 2 aromatic rings. The van der Waals surface area contributed by atoms with E-state index in [4.69, 9.17) is 0 Å². The Kier molecular flexibility index (Phi) is 3.73. The molecule has 1 aliphatic heterocycles. The van der Waals surface area contributed by atoms with Crippen LogP contribution >= 0.6 is 0 Å². The quantitative estimate of drug-likeness (QED) is 0.884. The molecule has 0 aliphatic carbocycles. The second-order valence-corrected chi connectivity index (χ2v) is 4.88.